The molecule has 0 saturated heterocycles. The van der Waals surface area contributed by atoms with Crippen molar-refractivity contribution in [3.8, 4) is 5.75 Å². The molecule has 1 aromatic carbocycles. The minimum atomic E-state index is -0.123. The van der Waals surface area contributed by atoms with Crippen LogP contribution in [0.1, 0.15) is 102 Å². The molecular formula is C23H37Cl2NO2. The van der Waals surface area contributed by atoms with Crippen LogP contribution in [0.2, 0.25) is 10.0 Å². The van der Waals surface area contributed by atoms with Gasteiger partial charge in [-0.1, -0.05) is 107 Å². The normalized spacial score (nSPS) is 11.0. The van der Waals surface area contributed by atoms with Crippen LogP contribution in [0, 0.1) is 6.92 Å². The van der Waals surface area contributed by atoms with E-state index in [1.165, 1.54) is 70.6 Å². The Labute approximate surface area is 181 Å². The fraction of sp³-hybridized carbons (Fsp3) is 0.696. The topological polar surface area (TPSA) is 49.3 Å². The Morgan fingerprint density at radius 1 is 0.893 bits per heavy atom. The minimum Gasteiger partial charge on any atom is -0.504 e. The van der Waals surface area contributed by atoms with Crippen molar-refractivity contribution < 1.29 is 9.90 Å². The average molecular weight is 430 g/mol. The first-order valence-corrected chi connectivity index (χ1v) is 11.7. The summed E-state index contributed by atoms with van der Waals surface area (Å²) in [6.07, 6.45) is 17.1. The van der Waals surface area contributed by atoms with E-state index < -0.39 is 0 Å². The number of aromatic hydroxyl groups is 1. The Morgan fingerprint density at radius 3 is 1.86 bits per heavy atom. The summed E-state index contributed by atoms with van der Waals surface area (Å²) in [5.41, 5.74) is 0.885. The monoisotopic (exact) mass is 429 g/mol. The summed E-state index contributed by atoms with van der Waals surface area (Å²) < 4.78 is 0. The van der Waals surface area contributed by atoms with Gasteiger partial charge >= 0.3 is 0 Å². The van der Waals surface area contributed by atoms with Crippen LogP contribution in [0.15, 0.2) is 6.07 Å². The van der Waals surface area contributed by atoms with Crippen LogP contribution in [-0.4, -0.2) is 11.0 Å². The number of phenols is 1. The summed E-state index contributed by atoms with van der Waals surface area (Å²) in [7, 11) is 0. The number of nitrogens with one attached hydrogen (secondary N) is 1. The van der Waals surface area contributed by atoms with Crippen LogP contribution < -0.4 is 5.32 Å². The van der Waals surface area contributed by atoms with Crippen LogP contribution in [0.25, 0.3) is 0 Å². The Hall–Kier alpha value is -0.930. The van der Waals surface area contributed by atoms with Gasteiger partial charge in [0.1, 0.15) is 0 Å². The van der Waals surface area contributed by atoms with Crippen molar-refractivity contribution in [2.24, 2.45) is 0 Å². The van der Waals surface area contributed by atoms with Crippen LogP contribution in [-0.2, 0) is 4.79 Å². The van der Waals surface area contributed by atoms with Gasteiger partial charge in [-0.3, -0.25) is 4.79 Å². The molecule has 0 aromatic heterocycles. The summed E-state index contributed by atoms with van der Waals surface area (Å²) in [6, 6.07) is 1.54. The second-order valence-corrected chi connectivity index (χ2v) is 8.52. The number of phenolic OH excluding ortho intramolecular Hbond substituents is 1. The maximum absolute atomic E-state index is 12.1. The fourth-order valence-electron chi connectivity index (χ4n) is 3.32. The minimum absolute atomic E-state index is 0.116. The quantitative estimate of drug-likeness (QED) is 0.217. The van der Waals surface area contributed by atoms with Gasteiger partial charge in [0.05, 0.1) is 10.7 Å². The highest BCUT2D eigenvalue weighted by Crippen LogP contribution is 2.38. The number of rotatable bonds is 15. The van der Waals surface area contributed by atoms with Gasteiger partial charge in [0.15, 0.2) is 5.75 Å². The SMILES string of the molecule is CCCCCCCCCCCCCCCC(=O)Nc1cc(Cl)c(C)c(Cl)c1O. The Bertz CT molecular complexity index is 590. The molecule has 28 heavy (non-hydrogen) atoms. The van der Waals surface area contributed by atoms with Gasteiger partial charge in [-0.2, -0.15) is 0 Å². The molecule has 1 rings (SSSR count). The van der Waals surface area contributed by atoms with Crippen molar-refractivity contribution in [3.63, 3.8) is 0 Å². The molecule has 0 bridgehead atoms. The molecule has 0 aliphatic carbocycles. The molecule has 0 aliphatic heterocycles. The molecule has 0 heterocycles. The number of amides is 1. The highest BCUT2D eigenvalue weighted by atomic mass is 35.5. The van der Waals surface area contributed by atoms with Gasteiger partial charge < -0.3 is 10.4 Å². The van der Waals surface area contributed by atoms with E-state index in [1.807, 2.05) is 0 Å². The number of carbonyl (C=O) groups is 1. The van der Waals surface area contributed by atoms with E-state index in [0.717, 1.165) is 12.8 Å². The summed E-state index contributed by atoms with van der Waals surface area (Å²) >= 11 is 12.1. The standard InChI is InChI=1S/C23H37Cl2NO2/c1-3-4-5-6-7-8-9-10-11-12-13-14-15-16-21(27)26-20-17-19(24)18(2)22(25)23(20)28/h17,28H,3-16H2,1-2H3,(H,26,27). The molecule has 0 spiro atoms. The number of hydrogen-bond acceptors (Lipinski definition) is 2. The number of anilines is 1. The van der Waals surface area contributed by atoms with Crippen molar-refractivity contribution in [1.82, 2.24) is 0 Å². The number of hydrogen-bond donors (Lipinski definition) is 2. The second-order valence-electron chi connectivity index (χ2n) is 7.73. The lowest BCUT2D eigenvalue weighted by molar-refractivity contribution is -0.116. The highest BCUT2D eigenvalue weighted by molar-refractivity contribution is 6.37. The number of carbonyl (C=O) groups excluding carboxylic acids is 1. The molecule has 2 N–H and O–H groups in total. The van der Waals surface area contributed by atoms with Crippen LogP contribution >= 0.6 is 23.2 Å². The average Bonchev–Trinajstić information content (AvgIpc) is 2.68. The van der Waals surface area contributed by atoms with Gasteiger partial charge in [0.25, 0.3) is 0 Å². The summed E-state index contributed by atoms with van der Waals surface area (Å²) in [5, 5.41) is 13.3. The van der Waals surface area contributed by atoms with Crippen molar-refractivity contribution in [2.45, 2.75) is 104 Å². The van der Waals surface area contributed by atoms with E-state index in [0.29, 0.717) is 17.0 Å². The molecule has 0 aliphatic rings. The summed E-state index contributed by atoms with van der Waals surface area (Å²) in [4.78, 5) is 12.1. The third-order valence-corrected chi connectivity index (χ3v) is 6.06. The third kappa shape index (κ3) is 10.0. The maximum atomic E-state index is 12.1. The van der Waals surface area contributed by atoms with E-state index in [-0.39, 0.29) is 22.4 Å². The van der Waals surface area contributed by atoms with Gasteiger partial charge in [-0.15, -0.1) is 0 Å². The molecule has 5 heteroatoms. The van der Waals surface area contributed by atoms with Crippen molar-refractivity contribution in [2.75, 3.05) is 5.32 Å². The van der Waals surface area contributed by atoms with E-state index in [1.54, 1.807) is 13.0 Å². The maximum Gasteiger partial charge on any atom is 0.224 e. The van der Waals surface area contributed by atoms with Gasteiger partial charge in [0.2, 0.25) is 5.91 Å². The van der Waals surface area contributed by atoms with E-state index in [9.17, 15) is 9.90 Å². The predicted molar refractivity (Wildman–Crippen MR) is 122 cm³/mol. The molecule has 3 nitrogen and oxygen atoms in total. The summed E-state index contributed by atoms with van der Waals surface area (Å²) in [6.45, 7) is 3.98. The van der Waals surface area contributed by atoms with E-state index in [4.69, 9.17) is 23.2 Å². The van der Waals surface area contributed by atoms with Gasteiger partial charge in [0, 0.05) is 11.4 Å². The third-order valence-electron chi connectivity index (χ3n) is 5.20. The Morgan fingerprint density at radius 2 is 1.36 bits per heavy atom. The first kappa shape index (κ1) is 25.1. The largest absolute Gasteiger partial charge is 0.504 e. The van der Waals surface area contributed by atoms with E-state index >= 15 is 0 Å². The lowest BCUT2D eigenvalue weighted by Gasteiger charge is -2.11. The molecule has 0 unspecified atom stereocenters. The zero-order valence-electron chi connectivity index (χ0n) is 17.6. The van der Waals surface area contributed by atoms with Crippen LogP contribution in [0.5, 0.6) is 5.75 Å². The number of halogens is 2. The molecule has 0 atom stereocenters. The highest BCUT2D eigenvalue weighted by Gasteiger charge is 2.14. The number of benzene rings is 1. The Kier molecular flexibility index (Phi) is 13.4. The first-order valence-electron chi connectivity index (χ1n) is 10.9. The molecule has 160 valence electrons. The second kappa shape index (κ2) is 15.0. The molecule has 1 amide bonds. The first-order chi connectivity index (χ1) is 13.5. The predicted octanol–water partition coefficient (Wildman–Crippen LogP) is 8.43. The van der Waals surface area contributed by atoms with Crippen molar-refractivity contribution in [1.29, 1.82) is 0 Å². The van der Waals surface area contributed by atoms with Crippen LogP contribution in [0.3, 0.4) is 0 Å². The van der Waals surface area contributed by atoms with Crippen molar-refractivity contribution >= 4 is 34.8 Å². The lowest BCUT2D eigenvalue weighted by Crippen LogP contribution is -2.11. The van der Waals surface area contributed by atoms with Crippen LogP contribution in [0.4, 0.5) is 5.69 Å². The zero-order chi connectivity index (χ0) is 20.8. The van der Waals surface area contributed by atoms with Gasteiger partial charge in [-0.05, 0) is 25.0 Å². The smallest absolute Gasteiger partial charge is 0.224 e. The van der Waals surface area contributed by atoms with Gasteiger partial charge in [-0.25, -0.2) is 0 Å². The number of unbranched alkanes of at least 4 members (excludes halogenated alkanes) is 12. The Balaban J connectivity index is 2.04. The molecular weight excluding hydrogens is 393 g/mol. The van der Waals surface area contributed by atoms with E-state index in [2.05, 4.69) is 12.2 Å². The zero-order valence-corrected chi connectivity index (χ0v) is 19.1. The van der Waals surface area contributed by atoms with Crippen molar-refractivity contribution in [3.05, 3.63) is 21.7 Å². The summed E-state index contributed by atoms with van der Waals surface area (Å²) in [5.74, 6) is -0.239. The molecule has 1 aromatic rings. The molecule has 0 radical (unpaired) electrons. The fourth-order valence-corrected chi connectivity index (χ4v) is 3.77. The molecule has 0 fully saturated rings. The molecule has 0 saturated carbocycles. The lowest BCUT2D eigenvalue weighted by atomic mass is 10.0.